The second-order valence-electron chi connectivity index (χ2n) is 6.39. The van der Waals surface area contributed by atoms with E-state index in [2.05, 4.69) is 24.3 Å². The van der Waals surface area contributed by atoms with Crippen LogP contribution >= 0.6 is 0 Å². The minimum Gasteiger partial charge on any atom is -0.497 e. The first-order chi connectivity index (χ1) is 14.1. The monoisotopic (exact) mass is 394 g/mol. The van der Waals surface area contributed by atoms with Crippen LogP contribution in [0.4, 0.5) is 0 Å². The molecule has 0 aliphatic heterocycles. The fourth-order valence-electron chi connectivity index (χ4n) is 3.33. The van der Waals surface area contributed by atoms with E-state index in [1.807, 2.05) is 30.3 Å². The number of hydrogen-bond donors (Lipinski definition) is 0. The number of allylic oxidation sites excluding steroid dienone is 5. The Kier molecular flexibility index (Phi) is 6.50. The topological polar surface area (TPSA) is 46.2 Å². The smallest absolute Gasteiger partial charge is 0.133 e. The molecule has 0 unspecified atom stereocenters. The fraction of sp³-hybridized carbons (Fsp3) is 0.250. The van der Waals surface area contributed by atoms with Gasteiger partial charge in [-0.1, -0.05) is 18.2 Å². The Labute approximate surface area is 171 Å². The average Bonchev–Trinajstić information content (AvgIpc) is 3.31. The molecule has 0 radical (unpaired) electrons. The molecule has 0 spiro atoms. The van der Waals surface area contributed by atoms with E-state index in [0.717, 1.165) is 34.6 Å². The lowest BCUT2D eigenvalue weighted by molar-refractivity contribution is 0.374. The summed E-state index contributed by atoms with van der Waals surface area (Å²) in [6, 6.07) is 9.51. The number of ether oxygens (including phenoxy) is 5. The van der Waals surface area contributed by atoms with Gasteiger partial charge in [-0.3, -0.25) is 0 Å². The molecule has 5 nitrogen and oxygen atoms in total. The van der Waals surface area contributed by atoms with Crippen LogP contribution < -0.4 is 23.7 Å². The molecule has 0 amide bonds. The predicted molar refractivity (Wildman–Crippen MR) is 115 cm³/mol. The molecule has 0 aromatic heterocycles. The summed E-state index contributed by atoms with van der Waals surface area (Å²) in [6.07, 6.45) is 9.20. The van der Waals surface area contributed by atoms with Gasteiger partial charge in [0.2, 0.25) is 0 Å². The maximum Gasteiger partial charge on any atom is 0.133 e. The zero-order valence-corrected chi connectivity index (χ0v) is 17.4. The van der Waals surface area contributed by atoms with Gasteiger partial charge in [0.15, 0.2) is 0 Å². The highest BCUT2D eigenvalue weighted by atomic mass is 16.5. The molecule has 0 heterocycles. The molecule has 3 rings (SSSR count). The lowest BCUT2D eigenvalue weighted by Gasteiger charge is -2.17. The van der Waals surface area contributed by atoms with Gasteiger partial charge in [-0.2, -0.15) is 0 Å². The maximum atomic E-state index is 5.66. The van der Waals surface area contributed by atoms with Crippen molar-refractivity contribution >= 4 is 11.6 Å². The standard InChI is InChI=1S/C24H26O5/c1-25-17-10-11-19(22(12-17)27-3)20(16-8-6-7-9-16)15-21-23(28-4)13-18(26-2)14-24(21)29-5/h6-8,10-15H,9H2,1-5H3/b20-15+. The molecule has 0 fully saturated rings. The van der Waals surface area contributed by atoms with Crippen molar-refractivity contribution < 1.29 is 23.7 Å². The van der Waals surface area contributed by atoms with Gasteiger partial charge in [0, 0.05) is 23.8 Å². The predicted octanol–water partition coefficient (Wildman–Crippen LogP) is 5.16. The van der Waals surface area contributed by atoms with Gasteiger partial charge in [0.1, 0.15) is 28.7 Å². The zero-order valence-electron chi connectivity index (χ0n) is 17.4. The lowest BCUT2D eigenvalue weighted by atomic mass is 9.93. The van der Waals surface area contributed by atoms with Crippen LogP contribution in [0.25, 0.3) is 11.6 Å². The first-order valence-electron chi connectivity index (χ1n) is 9.25. The average molecular weight is 394 g/mol. The summed E-state index contributed by atoms with van der Waals surface area (Å²) in [5, 5.41) is 0. The summed E-state index contributed by atoms with van der Waals surface area (Å²) in [7, 11) is 8.19. The molecule has 1 aliphatic rings. The summed E-state index contributed by atoms with van der Waals surface area (Å²) in [6.45, 7) is 0. The van der Waals surface area contributed by atoms with Crippen molar-refractivity contribution in [3.63, 3.8) is 0 Å². The summed E-state index contributed by atoms with van der Waals surface area (Å²) in [5.41, 5.74) is 3.99. The van der Waals surface area contributed by atoms with E-state index in [-0.39, 0.29) is 0 Å². The van der Waals surface area contributed by atoms with Gasteiger partial charge in [0.05, 0.1) is 41.1 Å². The van der Waals surface area contributed by atoms with Crippen molar-refractivity contribution in [2.75, 3.05) is 35.5 Å². The van der Waals surface area contributed by atoms with Crippen molar-refractivity contribution in [3.05, 3.63) is 65.3 Å². The molecular weight excluding hydrogens is 368 g/mol. The molecule has 29 heavy (non-hydrogen) atoms. The highest BCUT2D eigenvalue weighted by Crippen LogP contribution is 2.42. The Morgan fingerprint density at radius 3 is 1.90 bits per heavy atom. The fourth-order valence-corrected chi connectivity index (χ4v) is 3.33. The maximum absolute atomic E-state index is 5.66. The second kappa shape index (κ2) is 9.24. The van der Waals surface area contributed by atoms with Crippen LogP contribution in [-0.4, -0.2) is 35.5 Å². The third-order valence-electron chi connectivity index (χ3n) is 4.86. The minimum atomic E-state index is 0.665. The molecule has 2 aromatic rings. The number of methoxy groups -OCH3 is 5. The molecule has 1 aliphatic carbocycles. The van der Waals surface area contributed by atoms with Gasteiger partial charge < -0.3 is 23.7 Å². The molecule has 0 saturated heterocycles. The Balaban J connectivity index is 2.24. The Morgan fingerprint density at radius 1 is 0.759 bits per heavy atom. The first kappa shape index (κ1) is 20.4. The van der Waals surface area contributed by atoms with Crippen LogP contribution in [0.3, 0.4) is 0 Å². The van der Waals surface area contributed by atoms with Gasteiger partial charge in [-0.15, -0.1) is 0 Å². The van der Waals surface area contributed by atoms with Crippen molar-refractivity contribution in [1.29, 1.82) is 0 Å². The Bertz CT molecular complexity index is 944. The molecule has 0 atom stereocenters. The van der Waals surface area contributed by atoms with Crippen LogP contribution in [-0.2, 0) is 0 Å². The summed E-state index contributed by atoms with van der Waals surface area (Å²) in [4.78, 5) is 0. The lowest BCUT2D eigenvalue weighted by Crippen LogP contribution is -1.98. The molecule has 0 N–H and O–H groups in total. The number of rotatable bonds is 8. The van der Waals surface area contributed by atoms with Gasteiger partial charge in [-0.05, 0) is 35.8 Å². The molecule has 0 saturated carbocycles. The van der Waals surface area contributed by atoms with Gasteiger partial charge >= 0.3 is 0 Å². The quantitative estimate of drug-likeness (QED) is 0.579. The SMILES string of the molecule is COc1ccc(/C(=C/c2c(OC)cc(OC)cc2OC)C2=CC=CC2)c(OC)c1. The van der Waals surface area contributed by atoms with E-state index in [0.29, 0.717) is 17.2 Å². The number of hydrogen-bond acceptors (Lipinski definition) is 5. The van der Waals surface area contributed by atoms with E-state index < -0.39 is 0 Å². The largest absolute Gasteiger partial charge is 0.497 e. The van der Waals surface area contributed by atoms with Gasteiger partial charge in [0.25, 0.3) is 0 Å². The zero-order chi connectivity index (χ0) is 20.8. The second-order valence-corrected chi connectivity index (χ2v) is 6.39. The molecule has 0 bridgehead atoms. The van der Waals surface area contributed by atoms with E-state index in [1.54, 1.807) is 35.5 Å². The number of benzene rings is 2. The van der Waals surface area contributed by atoms with Crippen LogP contribution in [0.2, 0.25) is 0 Å². The summed E-state index contributed by atoms with van der Waals surface area (Å²) < 4.78 is 27.7. The normalized spacial score (nSPS) is 13.1. The van der Waals surface area contributed by atoms with E-state index in [9.17, 15) is 0 Å². The highest BCUT2D eigenvalue weighted by molar-refractivity contribution is 5.95. The molecule has 5 heteroatoms. The van der Waals surface area contributed by atoms with E-state index >= 15 is 0 Å². The van der Waals surface area contributed by atoms with Crippen molar-refractivity contribution in [2.24, 2.45) is 0 Å². The van der Waals surface area contributed by atoms with Crippen LogP contribution in [0, 0.1) is 0 Å². The van der Waals surface area contributed by atoms with Crippen molar-refractivity contribution in [3.8, 4) is 28.7 Å². The summed E-state index contributed by atoms with van der Waals surface area (Å²) in [5.74, 6) is 3.47. The molecule has 2 aromatic carbocycles. The van der Waals surface area contributed by atoms with Crippen molar-refractivity contribution in [2.45, 2.75) is 6.42 Å². The van der Waals surface area contributed by atoms with Gasteiger partial charge in [-0.25, -0.2) is 0 Å². The van der Waals surface area contributed by atoms with E-state index in [4.69, 9.17) is 23.7 Å². The highest BCUT2D eigenvalue weighted by Gasteiger charge is 2.18. The summed E-state index contributed by atoms with van der Waals surface area (Å²) >= 11 is 0. The van der Waals surface area contributed by atoms with Crippen molar-refractivity contribution in [1.82, 2.24) is 0 Å². The first-order valence-corrected chi connectivity index (χ1v) is 9.25. The third-order valence-corrected chi connectivity index (χ3v) is 4.86. The van der Waals surface area contributed by atoms with E-state index in [1.165, 1.54) is 5.57 Å². The Hall–Kier alpha value is -3.34. The minimum absolute atomic E-state index is 0.665. The van der Waals surface area contributed by atoms with Crippen LogP contribution in [0.5, 0.6) is 28.7 Å². The molecular formula is C24H26O5. The van der Waals surface area contributed by atoms with Crippen LogP contribution in [0.1, 0.15) is 17.5 Å². The van der Waals surface area contributed by atoms with Crippen LogP contribution in [0.15, 0.2) is 54.1 Å². The third kappa shape index (κ3) is 4.24. The Morgan fingerprint density at radius 2 is 1.38 bits per heavy atom. The molecule has 152 valence electrons.